The van der Waals surface area contributed by atoms with Crippen LogP contribution in [0.4, 0.5) is 0 Å². The molecule has 3 aromatic rings. The van der Waals surface area contributed by atoms with Crippen LogP contribution in [0.15, 0.2) is 35.2 Å². The quantitative estimate of drug-likeness (QED) is 0.691. The van der Waals surface area contributed by atoms with E-state index in [2.05, 4.69) is 38.9 Å². The minimum Gasteiger partial charge on any atom is -0.337 e. The van der Waals surface area contributed by atoms with Gasteiger partial charge in [0.05, 0.1) is 11.0 Å². The van der Waals surface area contributed by atoms with E-state index in [9.17, 15) is 0 Å². The average Bonchev–Trinajstić information content (AvgIpc) is 3.24. The van der Waals surface area contributed by atoms with Gasteiger partial charge in [0.25, 0.3) is 0 Å². The fourth-order valence-corrected chi connectivity index (χ4v) is 3.10. The van der Waals surface area contributed by atoms with Gasteiger partial charge in [-0.05, 0) is 32.5 Å². The summed E-state index contributed by atoms with van der Waals surface area (Å²) in [5.74, 6) is 1.17. The van der Waals surface area contributed by atoms with Crippen LogP contribution in [0.3, 0.4) is 0 Å². The first-order valence-electron chi connectivity index (χ1n) is 7.55. The molecule has 0 aliphatic rings. The predicted octanol–water partition coefficient (Wildman–Crippen LogP) is 3.34. The summed E-state index contributed by atoms with van der Waals surface area (Å²) in [7, 11) is 2.05. The molecule has 0 bridgehead atoms. The number of hydrogen-bond acceptors (Lipinski definition) is 7. The van der Waals surface area contributed by atoms with Crippen molar-refractivity contribution in [1.29, 1.82) is 0 Å². The Hall–Kier alpha value is -2.12. The summed E-state index contributed by atoms with van der Waals surface area (Å²) in [5.41, 5.74) is 0.854. The molecule has 0 aliphatic carbocycles. The number of thiazole rings is 1. The molecule has 3 rings (SSSR count). The van der Waals surface area contributed by atoms with Crippen molar-refractivity contribution in [1.82, 2.24) is 25.0 Å². The molecule has 0 amide bonds. The van der Waals surface area contributed by atoms with Crippen molar-refractivity contribution in [2.24, 2.45) is 0 Å². The van der Waals surface area contributed by atoms with Crippen molar-refractivity contribution in [3.05, 3.63) is 46.5 Å². The van der Waals surface area contributed by atoms with Crippen LogP contribution in [-0.2, 0) is 13.0 Å². The van der Waals surface area contributed by atoms with E-state index in [0.29, 0.717) is 11.7 Å². The average molecular weight is 329 g/mol. The highest BCUT2D eigenvalue weighted by Crippen LogP contribution is 2.24. The fourth-order valence-electron chi connectivity index (χ4n) is 2.17. The van der Waals surface area contributed by atoms with E-state index < -0.39 is 0 Å². The van der Waals surface area contributed by atoms with Gasteiger partial charge in [-0.15, -0.1) is 11.3 Å². The number of aryl methyl sites for hydroxylation is 1. The third kappa shape index (κ3) is 3.62. The molecule has 1 atom stereocenters. The van der Waals surface area contributed by atoms with E-state index >= 15 is 0 Å². The molecule has 3 heterocycles. The zero-order valence-electron chi connectivity index (χ0n) is 13.4. The Balaban J connectivity index is 1.70. The summed E-state index contributed by atoms with van der Waals surface area (Å²) in [5, 5.41) is 5.22. The molecular formula is C16H19N5OS. The molecule has 6 nitrogen and oxygen atoms in total. The van der Waals surface area contributed by atoms with Gasteiger partial charge in [-0.1, -0.05) is 12.1 Å². The first-order chi connectivity index (χ1) is 11.2. The Morgan fingerprint density at radius 3 is 2.91 bits per heavy atom. The SMILES string of the molecule is CCc1ncc(CN(C)[C@@H](C)c2nc(-c3cccnc3)no2)s1. The van der Waals surface area contributed by atoms with Crippen molar-refractivity contribution in [3.63, 3.8) is 0 Å². The maximum Gasteiger partial charge on any atom is 0.244 e. The molecule has 3 aromatic heterocycles. The number of hydrogen-bond donors (Lipinski definition) is 0. The van der Waals surface area contributed by atoms with E-state index in [1.54, 1.807) is 23.7 Å². The molecule has 120 valence electrons. The zero-order valence-corrected chi connectivity index (χ0v) is 14.2. The Kier molecular flexibility index (Phi) is 4.78. The second-order valence-electron chi connectivity index (χ2n) is 5.36. The van der Waals surface area contributed by atoms with Crippen molar-refractivity contribution in [2.75, 3.05) is 7.05 Å². The standard InChI is InChI=1S/C16H19N5OS/c1-4-14-18-9-13(23-14)10-21(3)11(2)16-19-15(20-22-16)12-6-5-7-17-8-12/h5-9,11H,4,10H2,1-3H3/t11-/m0/s1. The van der Waals surface area contributed by atoms with Gasteiger partial charge in [-0.2, -0.15) is 4.98 Å². The molecule has 0 saturated heterocycles. The maximum absolute atomic E-state index is 5.42. The van der Waals surface area contributed by atoms with Crippen LogP contribution in [0, 0.1) is 0 Å². The van der Waals surface area contributed by atoms with E-state index in [4.69, 9.17) is 4.52 Å². The van der Waals surface area contributed by atoms with Gasteiger partial charge >= 0.3 is 0 Å². The fraction of sp³-hybridized carbons (Fsp3) is 0.375. The van der Waals surface area contributed by atoms with Gasteiger partial charge in [-0.25, -0.2) is 4.98 Å². The molecule has 0 aromatic carbocycles. The summed E-state index contributed by atoms with van der Waals surface area (Å²) >= 11 is 1.75. The lowest BCUT2D eigenvalue weighted by atomic mass is 10.2. The molecule has 23 heavy (non-hydrogen) atoms. The highest BCUT2D eigenvalue weighted by molar-refractivity contribution is 7.11. The van der Waals surface area contributed by atoms with Crippen LogP contribution in [0.2, 0.25) is 0 Å². The molecule has 0 unspecified atom stereocenters. The van der Waals surface area contributed by atoms with Crippen molar-refractivity contribution < 1.29 is 4.52 Å². The van der Waals surface area contributed by atoms with Crippen LogP contribution in [0.5, 0.6) is 0 Å². The summed E-state index contributed by atoms with van der Waals surface area (Å²) < 4.78 is 5.42. The normalized spacial score (nSPS) is 12.7. The molecule has 0 saturated carbocycles. The molecule has 0 N–H and O–H groups in total. The maximum atomic E-state index is 5.42. The van der Waals surface area contributed by atoms with E-state index in [0.717, 1.165) is 23.5 Å². The lowest BCUT2D eigenvalue weighted by molar-refractivity contribution is 0.204. The van der Waals surface area contributed by atoms with Gasteiger partial charge in [0.2, 0.25) is 11.7 Å². The predicted molar refractivity (Wildman–Crippen MR) is 88.9 cm³/mol. The van der Waals surface area contributed by atoms with Crippen LogP contribution in [-0.4, -0.2) is 32.1 Å². The molecule has 7 heteroatoms. The van der Waals surface area contributed by atoms with Crippen molar-refractivity contribution >= 4 is 11.3 Å². The van der Waals surface area contributed by atoms with E-state index in [-0.39, 0.29) is 6.04 Å². The monoisotopic (exact) mass is 329 g/mol. The smallest absolute Gasteiger partial charge is 0.244 e. The Bertz CT molecular complexity index is 755. The third-order valence-corrected chi connectivity index (χ3v) is 4.82. The highest BCUT2D eigenvalue weighted by atomic mass is 32.1. The Morgan fingerprint density at radius 1 is 1.35 bits per heavy atom. The molecule has 0 fully saturated rings. The lowest BCUT2D eigenvalue weighted by Gasteiger charge is -2.20. The summed E-state index contributed by atoms with van der Waals surface area (Å²) in [6, 6.07) is 3.80. The first-order valence-corrected chi connectivity index (χ1v) is 8.37. The number of aromatic nitrogens is 4. The summed E-state index contributed by atoms with van der Waals surface area (Å²) in [4.78, 5) is 16.4. The minimum atomic E-state index is 0.0279. The number of pyridine rings is 1. The molecule has 0 radical (unpaired) electrons. The van der Waals surface area contributed by atoms with Gasteiger partial charge in [0.15, 0.2) is 0 Å². The van der Waals surface area contributed by atoms with Crippen LogP contribution in [0.1, 0.15) is 35.7 Å². The van der Waals surface area contributed by atoms with Crippen LogP contribution < -0.4 is 0 Å². The minimum absolute atomic E-state index is 0.0279. The Labute approximate surface area is 139 Å². The summed E-state index contributed by atoms with van der Waals surface area (Å²) in [6.45, 7) is 4.99. The first kappa shape index (κ1) is 15.8. The third-order valence-electron chi connectivity index (χ3n) is 3.69. The van der Waals surface area contributed by atoms with Gasteiger partial charge in [0.1, 0.15) is 0 Å². The van der Waals surface area contributed by atoms with Gasteiger partial charge in [-0.3, -0.25) is 9.88 Å². The molecule has 0 aliphatic heterocycles. The van der Waals surface area contributed by atoms with Crippen LogP contribution >= 0.6 is 11.3 Å². The van der Waals surface area contributed by atoms with Crippen molar-refractivity contribution in [3.8, 4) is 11.4 Å². The second kappa shape index (κ2) is 6.97. The molecule has 0 spiro atoms. The van der Waals surface area contributed by atoms with Crippen molar-refractivity contribution in [2.45, 2.75) is 32.9 Å². The van der Waals surface area contributed by atoms with Gasteiger partial charge < -0.3 is 4.52 Å². The Morgan fingerprint density at radius 2 is 2.22 bits per heavy atom. The number of nitrogens with zero attached hydrogens (tertiary/aromatic N) is 5. The molecular weight excluding hydrogens is 310 g/mol. The van der Waals surface area contributed by atoms with Crippen LogP contribution in [0.25, 0.3) is 11.4 Å². The lowest BCUT2D eigenvalue weighted by Crippen LogP contribution is -2.21. The number of rotatable bonds is 6. The van der Waals surface area contributed by atoms with Gasteiger partial charge in [0, 0.05) is 35.6 Å². The summed E-state index contributed by atoms with van der Waals surface area (Å²) in [6.07, 6.45) is 6.37. The largest absolute Gasteiger partial charge is 0.337 e. The topological polar surface area (TPSA) is 67.9 Å². The van der Waals surface area contributed by atoms with E-state index in [1.165, 1.54) is 4.88 Å². The zero-order chi connectivity index (χ0) is 16.2. The highest BCUT2D eigenvalue weighted by Gasteiger charge is 2.20. The van der Waals surface area contributed by atoms with E-state index in [1.807, 2.05) is 25.4 Å². The second-order valence-corrected chi connectivity index (χ2v) is 6.56.